The number of halogens is 4. The van der Waals surface area contributed by atoms with E-state index in [1.807, 2.05) is 0 Å². The third-order valence-electron chi connectivity index (χ3n) is 5.64. The molecule has 2 aromatic carbocycles. The molecule has 0 saturated carbocycles. The molecule has 1 atom stereocenters. The molecular weight excluding hydrogens is 530 g/mol. The Hall–Kier alpha value is -4.36. The van der Waals surface area contributed by atoms with Crippen molar-refractivity contribution < 1.29 is 51.7 Å². The first kappa shape index (κ1) is 29.2. The second kappa shape index (κ2) is 10.8. The van der Waals surface area contributed by atoms with Crippen molar-refractivity contribution in [1.82, 2.24) is 9.80 Å². The predicted molar refractivity (Wildman–Crippen MR) is 129 cm³/mol. The fourth-order valence-electron chi connectivity index (χ4n) is 3.91. The third kappa shape index (κ3) is 7.15. The standard InChI is InChI=1S/C25H25F4N3O7/c1-24(2,3)39-22(36)30-18-5-4-13(14-8-15(25(27,28)29)11-16(26)9-14)10-17(18)20(33)32-7-6-31(23(37)38)12-19(32)21(34)35/h4-5,8-11,19H,6-7,12H2,1-3H3,(H,30,36)(H,34,35)(H,37,38). The molecule has 0 aliphatic carbocycles. The number of aliphatic carboxylic acids is 1. The van der Waals surface area contributed by atoms with Gasteiger partial charge in [0.15, 0.2) is 0 Å². The van der Waals surface area contributed by atoms with E-state index in [1.54, 1.807) is 20.8 Å². The summed E-state index contributed by atoms with van der Waals surface area (Å²) in [6, 6.07) is 3.75. The van der Waals surface area contributed by atoms with Crippen LogP contribution >= 0.6 is 0 Å². The minimum Gasteiger partial charge on any atom is -0.480 e. The Labute approximate surface area is 219 Å². The number of hydrogen-bond donors (Lipinski definition) is 3. The van der Waals surface area contributed by atoms with Crippen LogP contribution in [0.3, 0.4) is 0 Å². The number of anilines is 1. The number of rotatable bonds is 4. The molecule has 1 heterocycles. The van der Waals surface area contributed by atoms with Gasteiger partial charge in [-0.2, -0.15) is 13.2 Å². The minimum absolute atomic E-state index is 0.0332. The second-order valence-corrected chi connectivity index (χ2v) is 9.69. The highest BCUT2D eigenvalue weighted by molar-refractivity contribution is 6.05. The van der Waals surface area contributed by atoms with Gasteiger partial charge in [-0.15, -0.1) is 0 Å². The van der Waals surface area contributed by atoms with Gasteiger partial charge in [-0.1, -0.05) is 6.07 Å². The molecule has 3 amide bonds. The number of carboxylic acid groups (broad SMARTS) is 2. The molecule has 14 heteroatoms. The van der Waals surface area contributed by atoms with Crippen molar-refractivity contribution >= 4 is 29.8 Å². The molecule has 2 aromatic rings. The number of nitrogens with one attached hydrogen (secondary N) is 1. The lowest BCUT2D eigenvalue weighted by atomic mass is 9.98. The number of nitrogens with zero attached hydrogens (tertiary/aromatic N) is 2. The van der Waals surface area contributed by atoms with Gasteiger partial charge in [0, 0.05) is 13.1 Å². The van der Waals surface area contributed by atoms with Gasteiger partial charge in [0.05, 0.1) is 23.4 Å². The van der Waals surface area contributed by atoms with E-state index in [0.717, 1.165) is 21.9 Å². The SMILES string of the molecule is CC(C)(C)OC(=O)Nc1ccc(-c2cc(F)cc(C(F)(F)F)c2)cc1C(=O)N1CCN(C(=O)O)CC1C(=O)O. The molecule has 3 rings (SSSR count). The molecule has 0 aromatic heterocycles. The van der Waals surface area contributed by atoms with E-state index >= 15 is 0 Å². The van der Waals surface area contributed by atoms with Crippen molar-refractivity contribution in [2.24, 2.45) is 0 Å². The van der Waals surface area contributed by atoms with Crippen LogP contribution in [0.15, 0.2) is 36.4 Å². The van der Waals surface area contributed by atoms with Crippen molar-refractivity contribution in [2.45, 2.75) is 38.6 Å². The van der Waals surface area contributed by atoms with Gasteiger partial charge in [0.1, 0.15) is 17.5 Å². The van der Waals surface area contributed by atoms with Gasteiger partial charge in [0.25, 0.3) is 5.91 Å². The smallest absolute Gasteiger partial charge is 0.416 e. The first-order chi connectivity index (χ1) is 18.0. The molecular formula is C25H25F4N3O7. The maximum absolute atomic E-state index is 14.1. The Morgan fingerprint density at radius 3 is 2.21 bits per heavy atom. The highest BCUT2D eigenvalue weighted by Gasteiger charge is 2.38. The molecule has 210 valence electrons. The third-order valence-corrected chi connectivity index (χ3v) is 5.64. The molecule has 1 aliphatic rings. The van der Waals surface area contributed by atoms with Crippen LogP contribution in [0.25, 0.3) is 11.1 Å². The second-order valence-electron chi connectivity index (χ2n) is 9.69. The van der Waals surface area contributed by atoms with Gasteiger partial charge < -0.3 is 24.7 Å². The van der Waals surface area contributed by atoms with Crippen molar-refractivity contribution in [3.8, 4) is 11.1 Å². The molecule has 1 unspecified atom stereocenters. The van der Waals surface area contributed by atoms with E-state index in [2.05, 4.69) is 5.32 Å². The van der Waals surface area contributed by atoms with E-state index in [-0.39, 0.29) is 35.5 Å². The van der Waals surface area contributed by atoms with Gasteiger partial charge >= 0.3 is 24.3 Å². The minimum atomic E-state index is -4.85. The number of alkyl halides is 3. The Morgan fingerprint density at radius 2 is 1.64 bits per heavy atom. The largest absolute Gasteiger partial charge is 0.480 e. The number of amides is 3. The van der Waals surface area contributed by atoms with E-state index < -0.39 is 59.8 Å². The molecule has 1 fully saturated rings. The van der Waals surface area contributed by atoms with Gasteiger partial charge in [-0.25, -0.2) is 18.8 Å². The van der Waals surface area contributed by atoms with Crippen LogP contribution < -0.4 is 5.32 Å². The fourth-order valence-corrected chi connectivity index (χ4v) is 3.91. The summed E-state index contributed by atoms with van der Waals surface area (Å²) in [6.45, 7) is 3.69. The summed E-state index contributed by atoms with van der Waals surface area (Å²) in [5.41, 5.74) is -2.94. The van der Waals surface area contributed by atoms with Crippen molar-refractivity contribution in [2.75, 3.05) is 25.0 Å². The predicted octanol–water partition coefficient (Wildman–Crippen LogP) is 4.75. The van der Waals surface area contributed by atoms with E-state index in [1.165, 1.54) is 12.1 Å². The number of carboxylic acids is 1. The lowest BCUT2D eigenvalue weighted by Gasteiger charge is -2.38. The zero-order chi connectivity index (χ0) is 29.3. The summed E-state index contributed by atoms with van der Waals surface area (Å²) < 4.78 is 59.1. The average Bonchev–Trinajstić information content (AvgIpc) is 2.81. The number of ether oxygens (including phenoxy) is 1. The molecule has 1 aliphatic heterocycles. The number of piperazine rings is 1. The summed E-state index contributed by atoms with van der Waals surface area (Å²) in [6.07, 6.45) is -7.21. The monoisotopic (exact) mass is 555 g/mol. The van der Waals surface area contributed by atoms with Crippen molar-refractivity contribution in [3.05, 3.63) is 53.3 Å². The lowest BCUT2D eigenvalue weighted by Crippen LogP contribution is -2.59. The maximum atomic E-state index is 14.1. The topological polar surface area (TPSA) is 136 Å². The molecule has 0 bridgehead atoms. The molecule has 0 spiro atoms. The Morgan fingerprint density at radius 1 is 0.974 bits per heavy atom. The molecule has 3 N–H and O–H groups in total. The van der Waals surface area contributed by atoms with Crippen LogP contribution in [0.5, 0.6) is 0 Å². The lowest BCUT2D eigenvalue weighted by molar-refractivity contribution is -0.144. The normalized spacial score (nSPS) is 16.0. The van der Waals surface area contributed by atoms with Crippen LogP contribution in [0.2, 0.25) is 0 Å². The van der Waals surface area contributed by atoms with Crippen LogP contribution in [0.4, 0.5) is 32.8 Å². The van der Waals surface area contributed by atoms with Gasteiger partial charge in [-0.3, -0.25) is 10.1 Å². The zero-order valence-electron chi connectivity index (χ0n) is 21.0. The zero-order valence-corrected chi connectivity index (χ0v) is 21.0. The number of hydrogen-bond acceptors (Lipinski definition) is 5. The highest BCUT2D eigenvalue weighted by Crippen LogP contribution is 2.35. The summed E-state index contributed by atoms with van der Waals surface area (Å²) in [5.74, 6) is -3.63. The summed E-state index contributed by atoms with van der Waals surface area (Å²) >= 11 is 0. The van der Waals surface area contributed by atoms with Crippen LogP contribution in [-0.2, 0) is 15.7 Å². The van der Waals surface area contributed by atoms with Gasteiger partial charge in [-0.05, 0) is 62.2 Å². The number of benzene rings is 2. The summed E-state index contributed by atoms with van der Waals surface area (Å²) in [7, 11) is 0. The van der Waals surface area contributed by atoms with Crippen molar-refractivity contribution in [3.63, 3.8) is 0 Å². The van der Waals surface area contributed by atoms with E-state index in [0.29, 0.717) is 12.1 Å². The Kier molecular flexibility index (Phi) is 8.08. The van der Waals surface area contributed by atoms with Crippen molar-refractivity contribution in [1.29, 1.82) is 0 Å². The fraction of sp³-hybridized carbons (Fsp3) is 0.360. The maximum Gasteiger partial charge on any atom is 0.416 e. The molecule has 0 radical (unpaired) electrons. The summed E-state index contributed by atoms with van der Waals surface area (Å²) in [5, 5.41) is 21.3. The van der Waals surface area contributed by atoms with E-state index in [4.69, 9.17) is 4.74 Å². The Balaban J connectivity index is 2.10. The van der Waals surface area contributed by atoms with Crippen LogP contribution in [0.1, 0.15) is 36.7 Å². The first-order valence-corrected chi connectivity index (χ1v) is 11.5. The highest BCUT2D eigenvalue weighted by atomic mass is 19.4. The first-order valence-electron chi connectivity index (χ1n) is 11.5. The molecule has 10 nitrogen and oxygen atoms in total. The molecule has 39 heavy (non-hydrogen) atoms. The Bertz CT molecular complexity index is 1310. The number of carbonyl (C=O) groups excluding carboxylic acids is 2. The van der Waals surface area contributed by atoms with E-state index in [9.17, 15) is 47.0 Å². The average molecular weight is 555 g/mol. The van der Waals surface area contributed by atoms with Gasteiger partial charge in [0.2, 0.25) is 0 Å². The van der Waals surface area contributed by atoms with Crippen LogP contribution in [0, 0.1) is 5.82 Å². The molecule has 1 saturated heterocycles. The van der Waals surface area contributed by atoms with Crippen LogP contribution in [-0.4, -0.2) is 75.4 Å². The summed E-state index contributed by atoms with van der Waals surface area (Å²) in [4.78, 5) is 51.0. The number of carbonyl (C=O) groups is 4. The quantitative estimate of drug-likeness (QED) is 0.464.